The lowest BCUT2D eigenvalue weighted by molar-refractivity contribution is -0.139. The van der Waals surface area contributed by atoms with Gasteiger partial charge in [0.05, 0.1) is 40.6 Å². The van der Waals surface area contributed by atoms with Crippen LogP contribution in [0.15, 0.2) is 86.1 Å². The monoisotopic (exact) mass is 558 g/mol. The number of nitrogens with zero attached hydrogens (tertiary/aromatic N) is 2. The van der Waals surface area contributed by atoms with E-state index in [4.69, 9.17) is 13.9 Å². The third-order valence-corrected chi connectivity index (χ3v) is 7.30. The topological polar surface area (TPSA) is 120 Å². The van der Waals surface area contributed by atoms with Gasteiger partial charge in [-0.15, -0.1) is 0 Å². The molecule has 2 aromatic carbocycles. The summed E-state index contributed by atoms with van der Waals surface area (Å²) in [6, 6.07) is 16.4. The van der Waals surface area contributed by atoms with Gasteiger partial charge in [-0.05, 0) is 62.7 Å². The van der Waals surface area contributed by atoms with E-state index < -0.39 is 18.0 Å². The lowest BCUT2D eigenvalue weighted by atomic mass is 9.96. The number of fused-ring (bicyclic) bond motifs is 1. The fraction of sp³-hybridized carbons (Fsp3) is 0.200. The van der Waals surface area contributed by atoms with Crippen LogP contribution in [-0.2, 0) is 9.53 Å². The van der Waals surface area contributed by atoms with Crippen LogP contribution in [0.3, 0.4) is 0 Å². The van der Waals surface area contributed by atoms with Crippen molar-refractivity contribution in [2.24, 2.45) is 4.99 Å². The molecule has 0 bridgehead atoms. The zero-order chi connectivity index (χ0) is 28.4. The van der Waals surface area contributed by atoms with Crippen LogP contribution in [0.5, 0.6) is 5.75 Å². The normalized spacial score (nSPS) is 15.0. The lowest BCUT2D eigenvalue weighted by Gasteiger charge is -2.24. The fourth-order valence-electron chi connectivity index (χ4n) is 4.54. The summed E-state index contributed by atoms with van der Waals surface area (Å²) in [6.07, 6.45) is 1.62. The van der Waals surface area contributed by atoms with Crippen molar-refractivity contribution < 1.29 is 28.6 Å². The molecule has 0 saturated heterocycles. The number of furan rings is 1. The highest BCUT2D eigenvalue weighted by molar-refractivity contribution is 7.07. The van der Waals surface area contributed by atoms with Crippen LogP contribution in [0.25, 0.3) is 17.4 Å². The van der Waals surface area contributed by atoms with E-state index in [9.17, 15) is 19.5 Å². The predicted octanol–water partition coefficient (Wildman–Crippen LogP) is 4.16. The molecule has 1 N–H and O–H groups in total. The number of carboxylic acid groups (broad SMARTS) is 1. The number of hydrogen-bond donors (Lipinski definition) is 1. The first-order chi connectivity index (χ1) is 19.3. The standard InChI is InChI=1S/C30H26N2O7S/c1-4-37-21-11-9-18(10-12-21)26-25(29(36)38-5-2)17(3)31-30-32(26)27(33)24(40-30)16-22-13-14-23(39-22)19-7-6-8-20(15-19)28(34)35/h6-16,26H,4-5H2,1-3H3,(H,34,35)/b24-16-/t26-/m0/s1. The number of carbonyl (C=O) groups excluding carboxylic acids is 1. The fourth-order valence-corrected chi connectivity index (χ4v) is 5.57. The van der Waals surface area contributed by atoms with E-state index in [0.29, 0.717) is 55.6 Å². The van der Waals surface area contributed by atoms with E-state index in [-0.39, 0.29) is 17.7 Å². The van der Waals surface area contributed by atoms with Gasteiger partial charge in [0, 0.05) is 11.6 Å². The molecule has 10 heteroatoms. The molecule has 3 heterocycles. The number of rotatable bonds is 8. The molecule has 4 aromatic rings. The molecule has 1 aliphatic rings. The van der Waals surface area contributed by atoms with Gasteiger partial charge in [0.1, 0.15) is 17.3 Å². The predicted molar refractivity (Wildman–Crippen MR) is 149 cm³/mol. The number of hydrogen-bond acceptors (Lipinski definition) is 8. The Morgan fingerprint density at radius 3 is 2.58 bits per heavy atom. The number of benzene rings is 2. The maximum absolute atomic E-state index is 13.8. The number of esters is 1. The average molecular weight is 559 g/mol. The zero-order valence-electron chi connectivity index (χ0n) is 22.0. The average Bonchev–Trinajstić information content (AvgIpc) is 3.53. The minimum Gasteiger partial charge on any atom is -0.494 e. The Labute approximate surface area is 232 Å². The summed E-state index contributed by atoms with van der Waals surface area (Å²) in [4.78, 5) is 43.2. The Bertz CT molecular complexity index is 1810. The molecule has 0 saturated carbocycles. The lowest BCUT2D eigenvalue weighted by Crippen LogP contribution is -2.39. The summed E-state index contributed by atoms with van der Waals surface area (Å²) in [6.45, 7) is 6.05. The summed E-state index contributed by atoms with van der Waals surface area (Å²) >= 11 is 1.19. The molecule has 0 unspecified atom stereocenters. The first kappa shape index (κ1) is 26.9. The number of allylic oxidation sites excluding steroid dienone is 1. The van der Waals surface area contributed by atoms with Gasteiger partial charge in [-0.3, -0.25) is 9.36 Å². The number of aromatic carboxylic acids is 1. The molecule has 0 fully saturated rings. The Kier molecular flexibility index (Phi) is 7.52. The second kappa shape index (κ2) is 11.2. The molecule has 1 aliphatic heterocycles. The van der Waals surface area contributed by atoms with Crippen molar-refractivity contribution in [1.29, 1.82) is 0 Å². The smallest absolute Gasteiger partial charge is 0.338 e. The van der Waals surface area contributed by atoms with E-state index >= 15 is 0 Å². The zero-order valence-corrected chi connectivity index (χ0v) is 22.9. The van der Waals surface area contributed by atoms with Crippen LogP contribution in [-0.4, -0.2) is 34.8 Å². The summed E-state index contributed by atoms with van der Waals surface area (Å²) in [5.41, 5.74) is 1.90. The Hall–Kier alpha value is -4.70. The van der Waals surface area contributed by atoms with Crippen molar-refractivity contribution >= 4 is 29.4 Å². The van der Waals surface area contributed by atoms with Crippen molar-refractivity contribution in [3.63, 3.8) is 0 Å². The number of aromatic nitrogens is 1. The van der Waals surface area contributed by atoms with Gasteiger partial charge in [-0.2, -0.15) is 0 Å². The minimum absolute atomic E-state index is 0.144. The first-order valence-electron chi connectivity index (χ1n) is 12.7. The van der Waals surface area contributed by atoms with Gasteiger partial charge in [0.2, 0.25) is 0 Å². The van der Waals surface area contributed by atoms with Crippen molar-refractivity contribution in [3.8, 4) is 17.1 Å². The van der Waals surface area contributed by atoms with Crippen LogP contribution < -0.4 is 19.6 Å². The molecule has 40 heavy (non-hydrogen) atoms. The second-order valence-corrected chi connectivity index (χ2v) is 9.90. The molecular weight excluding hydrogens is 532 g/mol. The quantitative estimate of drug-likeness (QED) is 0.323. The molecule has 204 valence electrons. The van der Waals surface area contributed by atoms with E-state index in [1.54, 1.807) is 56.3 Å². The van der Waals surface area contributed by atoms with Crippen LogP contribution in [0.1, 0.15) is 48.5 Å². The summed E-state index contributed by atoms with van der Waals surface area (Å²) in [5, 5.41) is 9.29. The van der Waals surface area contributed by atoms with Crippen molar-refractivity contribution in [2.75, 3.05) is 13.2 Å². The molecule has 0 radical (unpaired) electrons. The van der Waals surface area contributed by atoms with Gasteiger partial charge in [-0.25, -0.2) is 14.6 Å². The number of ether oxygens (including phenoxy) is 2. The number of thiazole rings is 1. The molecule has 2 aromatic heterocycles. The van der Waals surface area contributed by atoms with Crippen molar-refractivity contribution in [2.45, 2.75) is 26.8 Å². The molecule has 0 spiro atoms. The summed E-state index contributed by atoms with van der Waals surface area (Å²) in [5.74, 6) is -0.000169. The van der Waals surface area contributed by atoms with E-state index in [1.807, 2.05) is 19.1 Å². The highest BCUT2D eigenvalue weighted by Crippen LogP contribution is 2.31. The van der Waals surface area contributed by atoms with Gasteiger partial charge >= 0.3 is 11.9 Å². The third-order valence-electron chi connectivity index (χ3n) is 6.32. The SMILES string of the molecule is CCOC(=O)C1=C(C)N=c2s/c(=C\c3ccc(-c4cccc(C(=O)O)c4)o3)c(=O)n2[C@H]1c1ccc(OCC)cc1. The molecule has 0 aliphatic carbocycles. The van der Waals surface area contributed by atoms with Crippen LogP contribution >= 0.6 is 11.3 Å². The summed E-state index contributed by atoms with van der Waals surface area (Å²) in [7, 11) is 0. The summed E-state index contributed by atoms with van der Waals surface area (Å²) < 4.78 is 18.7. The number of carboxylic acids is 1. The highest BCUT2D eigenvalue weighted by atomic mass is 32.1. The van der Waals surface area contributed by atoms with Gasteiger partial charge in [-0.1, -0.05) is 35.6 Å². The van der Waals surface area contributed by atoms with Gasteiger partial charge < -0.3 is 19.0 Å². The molecule has 1 atom stereocenters. The third kappa shape index (κ3) is 5.13. The minimum atomic E-state index is -1.03. The van der Waals surface area contributed by atoms with E-state index in [1.165, 1.54) is 28.0 Å². The van der Waals surface area contributed by atoms with Crippen LogP contribution in [0.4, 0.5) is 0 Å². The molecule has 5 rings (SSSR count). The number of carbonyl (C=O) groups is 2. The first-order valence-corrected chi connectivity index (χ1v) is 13.5. The molecule has 0 amide bonds. The van der Waals surface area contributed by atoms with E-state index in [0.717, 1.165) is 0 Å². The van der Waals surface area contributed by atoms with Gasteiger partial charge in [0.15, 0.2) is 4.80 Å². The van der Waals surface area contributed by atoms with Gasteiger partial charge in [0.25, 0.3) is 5.56 Å². The maximum atomic E-state index is 13.8. The molecule has 9 nitrogen and oxygen atoms in total. The Balaban J connectivity index is 1.60. The van der Waals surface area contributed by atoms with Crippen LogP contribution in [0.2, 0.25) is 0 Å². The largest absolute Gasteiger partial charge is 0.494 e. The van der Waals surface area contributed by atoms with Crippen molar-refractivity contribution in [1.82, 2.24) is 4.57 Å². The Morgan fingerprint density at radius 1 is 1.10 bits per heavy atom. The van der Waals surface area contributed by atoms with Crippen molar-refractivity contribution in [3.05, 3.63) is 109 Å². The second-order valence-electron chi connectivity index (χ2n) is 8.89. The molecular formula is C30H26N2O7S. The van der Waals surface area contributed by atoms with Crippen LogP contribution in [0, 0.1) is 0 Å². The highest BCUT2D eigenvalue weighted by Gasteiger charge is 2.33. The maximum Gasteiger partial charge on any atom is 0.338 e. The Morgan fingerprint density at radius 2 is 1.88 bits per heavy atom. The van der Waals surface area contributed by atoms with E-state index in [2.05, 4.69) is 4.99 Å².